The zero-order valence-electron chi connectivity index (χ0n) is 11.6. The molecule has 5 heteroatoms. The monoisotopic (exact) mass is 415 g/mol. The average Bonchev–Trinajstić information content (AvgIpc) is 2.50. The van der Waals surface area contributed by atoms with Crippen molar-refractivity contribution in [3.8, 4) is 5.75 Å². The number of likely N-dealkylation sites (N-methyl/N-ethyl adjacent to an activating group) is 1. The molecule has 0 radical (unpaired) electrons. The second kappa shape index (κ2) is 7.66. The minimum atomic E-state index is -0.0649. The molecule has 0 aliphatic carbocycles. The molecule has 0 heterocycles. The predicted molar refractivity (Wildman–Crippen MR) is 93.1 cm³/mol. The molecular weight excluding hydrogens is 401 g/mol. The van der Waals surface area contributed by atoms with Crippen molar-refractivity contribution < 1.29 is 9.53 Å². The van der Waals surface area contributed by atoms with Crippen molar-refractivity contribution in [3.63, 3.8) is 0 Å². The molecule has 0 atom stereocenters. The number of benzene rings is 2. The number of halogens is 2. The highest BCUT2D eigenvalue weighted by Crippen LogP contribution is 2.20. The highest BCUT2D eigenvalue weighted by atomic mass is 127. The Bertz CT molecular complexity index is 619. The summed E-state index contributed by atoms with van der Waals surface area (Å²) in [6.07, 6.45) is 0. The van der Waals surface area contributed by atoms with Gasteiger partial charge in [0.15, 0.2) is 0 Å². The van der Waals surface area contributed by atoms with Crippen LogP contribution in [0.15, 0.2) is 48.5 Å². The van der Waals surface area contributed by atoms with Crippen LogP contribution in [0.3, 0.4) is 0 Å². The number of carbonyl (C=O) groups excluding carboxylic acids is 1. The summed E-state index contributed by atoms with van der Waals surface area (Å²) < 4.78 is 6.52. The van der Waals surface area contributed by atoms with Gasteiger partial charge in [0.1, 0.15) is 12.4 Å². The molecule has 110 valence electrons. The van der Waals surface area contributed by atoms with Crippen LogP contribution >= 0.6 is 34.2 Å². The van der Waals surface area contributed by atoms with E-state index in [0.717, 1.165) is 9.32 Å². The van der Waals surface area contributed by atoms with Gasteiger partial charge in [0, 0.05) is 16.2 Å². The van der Waals surface area contributed by atoms with Gasteiger partial charge in [0.2, 0.25) is 0 Å². The van der Waals surface area contributed by atoms with E-state index in [1.54, 1.807) is 24.1 Å². The Morgan fingerprint density at radius 3 is 2.62 bits per heavy atom. The first-order valence-electron chi connectivity index (χ1n) is 6.46. The minimum absolute atomic E-state index is 0.0649. The lowest BCUT2D eigenvalue weighted by Gasteiger charge is -2.17. The van der Waals surface area contributed by atoms with Crippen LogP contribution in [0.5, 0.6) is 5.75 Å². The number of amides is 1. The van der Waals surface area contributed by atoms with Gasteiger partial charge in [0.25, 0.3) is 5.91 Å². The van der Waals surface area contributed by atoms with Gasteiger partial charge in [-0.05, 0) is 52.9 Å². The third-order valence-corrected chi connectivity index (χ3v) is 4.52. The third kappa shape index (κ3) is 4.61. The Balaban J connectivity index is 1.89. The van der Waals surface area contributed by atoms with Gasteiger partial charge in [-0.15, -0.1) is 0 Å². The Morgan fingerprint density at radius 1 is 1.24 bits per heavy atom. The Hall–Kier alpha value is -1.27. The molecule has 0 spiro atoms. The topological polar surface area (TPSA) is 29.5 Å². The maximum Gasteiger partial charge on any atom is 0.253 e. The standard InChI is InChI=1S/C16H15ClINO2/c1-19(9-10-21-13-5-3-2-4-6-13)16(20)12-7-8-15(18)14(17)11-12/h2-8,11H,9-10H2,1H3. The third-order valence-electron chi connectivity index (χ3n) is 2.95. The van der Waals surface area contributed by atoms with Gasteiger partial charge in [-0.3, -0.25) is 4.79 Å². The van der Waals surface area contributed by atoms with E-state index in [1.165, 1.54) is 0 Å². The van der Waals surface area contributed by atoms with Crippen LogP contribution < -0.4 is 4.74 Å². The summed E-state index contributed by atoms with van der Waals surface area (Å²) in [7, 11) is 1.75. The molecule has 0 aliphatic heterocycles. The first-order chi connectivity index (χ1) is 10.1. The number of nitrogens with zero attached hydrogens (tertiary/aromatic N) is 1. The van der Waals surface area contributed by atoms with E-state index in [9.17, 15) is 4.79 Å². The number of carbonyl (C=O) groups is 1. The molecule has 2 aromatic carbocycles. The van der Waals surface area contributed by atoms with Crippen LogP contribution in [-0.4, -0.2) is 31.0 Å². The van der Waals surface area contributed by atoms with Crippen LogP contribution in [0.4, 0.5) is 0 Å². The van der Waals surface area contributed by atoms with Gasteiger partial charge < -0.3 is 9.64 Å². The van der Waals surface area contributed by atoms with Crippen LogP contribution in [0.1, 0.15) is 10.4 Å². The molecule has 21 heavy (non-hydrogen) atoms. The molecule has 0 aromatic heterocycles. The fourth-order valence-electron chi connectivity index (χ4n) is 1.77. The second-order valence-electron chi connectivity index (χ2n) is 4.52. The number of hydrogen-bond acceptors (Lipinski definition) is 2. The van der Waals surface area contributed by atoms with E-state index in [-0.39, 0.29) is 5.91 Å². The molecule has 0 saturated heterocycles. The first kappa shape index (κ1) is 16.1. The maximum absolute atomic E-state index is 12.3. The Morgan fingerprint density at radius 2 is 1.95 bits per heavy atom. The molecule has 0 saturated carbocycles. The summed E-state index contributed by atoms with van der Waals surface area (Å²) in [5.74, 6) is 0.737. The van der Waals surface area contributed by atoms with Crippen molar-refractivity contribution >= 4 is 40.1 Å². The second-order valence-corrected chi connectivity index (χ2v) is 6.09. The number of rotatable bonds is 5. The quantitative estimate of drug-likeness (QED) is 0.688. The predicted octanol–water partition coefficient (Wildman–Crippen LogP) is 4.10. The van der Waals surface area contributed by atoms with E-state index in [4.69, 9.17) is 16.3 Å². The van der Waals surface area contributed by atoms with E-state index in [2.05, 4.69) is 22.6 Å². The van der Waals surface area contributed by atoms with Crippen molar-refractivity contribution in [1.82, 2.24) is 4.90 Å². The van der Waals surface area contributed by atoms with Gasteiger partial charge in [0.05, 0.1) is 11.6 Å². The minimum Gasteiger partial charge on any atom is -0.492 e. The van der Waals surface area contributed by atoms with Crippen molar-refractivity contribution in [1.29, 1.82) is 0 Å². The molecule has 3 nitrogen and oxygen atoms in total. The summed E-state index contributed by atoms with van der Waals surface area (Å²) in [4.78, 5) is 13.9. The molecule has 1 amide bonds. The van der Waals surface area contributed by atoms with E-state index in [1.807, 2.05) is 36.4 Å². The largest absolute Gasteiger partial charge is 0.492 e. The van der Waals surface area contributed by atoms with Crippen molar-refractivity contribution in [2.24, 2.45) is 0 Å². The number of para-hydroxylation sites is 1. The molecule has 0 aliphatic rings. The molecule has 0 bridgehead atoms. The highest BCUT2D eigenvalue weighted by molar-refractivity contribution is 14.1. The lowest BCUT2D eigenvalue weighted by molar-refractivity contribution is 0.0774. The molecule has 2 aromatic rings. The average molecular weight is 416 g/mol. The molecule has 2 rings (SSSR count). The highest BCUT2D eigenvalue weighted by Gasteiger charge is 2.12. The van der Waals surface area contributed by atoms with E-state index >= 15 is 0 Å². The summed E-state index contributed by atoms with van der Waals surface area (Å²) in [6, 6.07) is 14.9. The summed E-state index contributed by atoms with van der Waals surface area (Å²) in [5.41, 5.74) is 0.586. The zero-order valence-corrected chi connectivity index (χ0v) is 14.5. The first-order valence-corrected chi connectivity index (χ1v) is 7.92. The van der Waals surface area contributed by atoms with E-state index < -0.39 is 0 Å². The van der Waals surface area contributed by atoms with Gasteiger partial charge in [-0.1, -0.05) is 29.8 Å². The lowest BCUT2D eigenvalue weighted by atomic mass is 10.2. The lowest BCUT2D eigenvalue weighted by Crippen LogP contribution is -2.30. The van der Waals surface area contributed by atoms with E-state index in [0.29, 0.717) is 23.7 Å². The normalized spacial score (nSPS) is 10.2. The summed E-state index contributed by atoms with van der Waals surface area (Å²) in [6.45, 7) is 0.960. The summed E-state index contributed by atoms with van der Waals surface area (Å²) >= 11 is 8.18. The van der Waals surface area contributed by atoms with Crippen LogP contribution in [-0.2, 0) is 0 Å². The van der Waals surface area contributed by atoms with Crippen molar-refractivity contribution in [2.45, 2.75) is 0 Å². The zero-order chi connectivity index (χ0) is 15.2. The summed E-state index contributed by atoms with van der Waals surface area (Å²) in [5, 5.41) is 0.593. The molecular formula is C16H15ClINO2. The molecule has 0 unspecified atom stereocenters. The smallest absolute Gasteiger partial charge is 0.253 e. The van der Waals surface area contributed by atoms with Gasteiger partial charge >= 0.3 is 0 Å². The van der Waals surface area contributed by atoms with Crippen molar-refractivity contribution in [2.75, 3.05) is 20.2 Å². The fraction of sp³-hybridized carbons (Fsp3) is 0.188. The molecule has 0 fully saturated rings. The van der Waals surface area contributed by atoms with Crippen LogP contribution in [0.2, 0.25) is 5.02 Å². The SMILES string of the molecule is CN(CCOc1ccccc1)C(=O)c1ccc(I)c(Cl)c1. The maximum atomic E-state index is 12.3. The number of ether oxygens (including phenoxy) is 1. The Kier molecular flexibility index (Phi) is 5.87. The van der Waals surface area contributed by atoms with Crippen LogP contribution in [0, 0.1) is 3.57 Å². The fourth-order valence-corrected chi connectivity index (χ4v) is 2.28. The number of hydrogen-bond donors (Lipinski definition) is 0. The van der Waals surface area contributed by atoms with Gasteiger partial charge in [-0.25, -0.2) is 0 Å². The van der Waals surface area contributed by atoms with Gasteiger partial charge in [-0.2, -0.15) is 0 Å². The molecule has 0 N–H and O–H groups in total. The Labute approximate surface area is 143 Å². The van der Waals surface area contributed by atoms with Crippen LogP contribution in [0.25, 0.3) is 0 Å². The van der Waals surface area contributed by atoms with Crippen molar-refractivity contribution in [3.05, 3.63) is 62.7 Å².